The van der Waals surface area contributed by atoms with Gasteiger partial charge >= 0.3 is 0 Å². The second-order valence-electron chi connectivity index (χ2n) is 7.04. The Balaban J connectivity index is 1.60. The molecule has 3 heterocycles. The van der Waals surface area contributed by atoms with Crippen LogP contribution in [0.15, 0.2) is 24.5 Å². The van der Waals surface area contributed by atoms with E-state index in [1.807, 2.05) is 12.4 Å². The molecule has 0 radical (unpaired) electrons. The number of amides is 1. The monoisotopic (exact) mass is 358 g/mol. The summed E-state index contributed by atoms with van der Waals surface area (Å²) in [6.07, 6.45) is 7.42. The largest absolute Gasteiger partial charge is 0.302 e. The highest BCUT2D eigenvalue weighted by Crippen LogP contribution is 2.28. The Hall–Kier alpha value is -1.79. The van der Waals surface area contributed by atoms with E-state index in [0.717, 1.165) is 25.2 Å². The molecule has 0 aliphatic carbocycles. The van der Waals surface area contributed by atoms with Crippen molar-refractivity contribution in [1.82, 2.24) is 14.9 Å². The van der Waals surface area contributed by atoms with Crippen LogP contribution in [0, 0.1) is 12.8 Å². The van der Waals surface area contributed by atoms with Gasteiger partial charge in [-0.05, 0) is 56.7 Å². The Morgan fingerprint density at radius 2 is 2.24 bits per heavy atom. The van der Waals surface area contributed by atoms with E-state index in [1.165, 1.54) is 30.2 Å². The number of hydrogen-bond donors (Lipinski definition) is 1. The SMILES string of the molecule is CC(=O)Nc1ncc(CN2C[C@@H](Cc3ccnc(C)c3)CC[C@@H]2C)s1. The summed E-state index contributed by atoms with van der Waals surface area (Å²) in [6, 6.07) is 4.92. The molecule has 1 fully saturated rings. The Morgan fingerprint density at radius 3 is 3.00 bits per heavy atom. The molecular weight excluding hydrogens is 332 g/mol. The first kappa shape index (κ1) is 18.0. The quantitative estimate of drug-likeness (QED) is 0.886. The van der Waals surface area contributed by atoms with Gasteiger partial charge in [0.05, 0.1) is 0 Å². The zero-order chi connectivity index (χ0) is 17.8. The van der Waals surface area contributed by atoms with E-state index >= 15 is 0 Å². The minimum Gasteiger partial charge on any atom is -0.302 e. The Bertz CT molecular complexity index is 730. The smallest absolute Gasteiger partial charge is 0.223 e. The van der Waals surface area contributed by atoms with Crippen molar-refractivity contribution in [3.8, 4) is 0 Å². The lowest BCUT2D eigenvalue weighted by Crippen LogP contribution is -2.41. The summed E-state index contributed by atoms with van der Waals surface area (Å²) < 4.78 is 0. The Kier molecular flexibility index (Phi) is 5.81. The standard InChI is InChI=1S/C19H26N4OS/c1-13-8-16(6-7-20-13)9-17-5-4-14(2)23(11-17)12-18-10-21-19(25-18)22-15(3)24/h6-8,10,14,17H,4-5,9,11-12H2,1-3H3,(H,21,22,24)/t14-,17+/m0/s1. The maximum atomic E-state index is 11.1. The van der Waals surface area contributed by atoms with Gasteiger partial charge in [-0.15, -0.1) is 11.3 Å². The summed E-state index contributed by atoms with van der Waals surface area (Å²) in [5, 5.41) is 3.46. The molecule has 2 aromatic heterocycles. The minimum atomic E-state index is -0.0695. The van der Waals surface area contributed by atoms with Gasteiger partial charge in [0.15, 0.2) is 5.13 Å². The summed E-state index contributed by atoms with van der Waals surface area (Å²) in [5.74, 6) is 0.612. The number of nitrogens with zero attached hydrogens (tertiary/aromatic N) is 3. The van der Waals surface area contributed by atoms with Gasteiger partial charge in [0.25, 0.3) is 0 Å². The van der Waals surface area contributed by atoms with Gasteiger partial charge in [0.2, 0.25) is 5.91 Å². The van der Waals surface area contributed by atoms with Crippen LogP contribution in [0.3, 0.4) is 0 Å². The molecule has 5 nitrogen and oxygen atoms in total. The molecule has 2 atom stereocenters. The first-order valence-electron chi connectivity index (χ1n) is 8.87. The summed E-state index contributed by atoms with van der Waals surface area (Å²) in [6.45, 7) is 7.89. The lowest BCUT2D eigenvalue weighted by atomic mass is 9.88. The first-order chi connectivity index (χ1) is 12.0. The third-order valence-corrected chi connectivity index (χ3v) is 5.69. The molecule has 0 bridgehead atoms. The van der Waals surface area contributed by atoms with E-state index in [9.17, 15) is 4.79 Å². The van der Waals surface area contributed by atoms with Crippen molar-refractivity contribution in [2.45, 2.75) is 52.6 Å². The highest BCUT2D eigenvalue weighted by atomic mass is 32.1. The molecule has 1 N–H and O–H groups in total. The summed E-state index contributed by atoms with van der Waals surface area (Å²) in [5.41, 5.74) is 2.48. The maximum Gasteiger partial charge on any atom is 0.223 e. The molecule has 3 rings (SSSR count). The van der Waals surface area contributed by atoms with Crippen LogP contribution in [0.2, 0.25) is 0 Å². The normalized spacial score (nSPS) is 21.2. The number of anilines is 1. The average molecular weight is 359 g/mol. The van der Waals surface area contributed by atoms with E-state index in [1.54, 1.807) is 11.3 Å². The topological polar surface area (TPSA) is 58.1 Å². The first-order valence-corrected chi connectivity index (χ1v) is 9.69. The van der Waals surface area contributed by atoms with E-state index in [-0.39, 0.29) is 5.91 Å². The Morgan fingerprint density at radius 1 is 1.40 bits per heavy atom. The van der Waals surface area contributed by atoms with Crippen LogP contribution >= 0.6 is 11.3 Å². The fourth-order valence-corrected chi connectivity index (χ4v) is 4.39. The molecule has 1 aliphatic rings. The van der Waals surface area contributed by atoms with Crippen LogP contribution in [-0.4, -0.2) is 33.4 Å². The van der Waals surface area contributed by atoms with Gasteiger partial charge in [-0.3, -0.25) is 14.7 Å². The molecular formula is C19H26N4OS. The van der Waals surface area contributed by atoms with Crippen molar-refractivity contribution in [2.75, 3.05) is 11.9 Å². The molecule has 1 saturated heterocycles. The number of aromatic nitrogens is 2. The third-order valence-electron chi connectivity index (χ3n) is 4.79. The van der Waals surface area contributed by atoms with Crippen molar-refractivity contribution in [3.05, 3.63) is 40.7 Å². The summed E-state index contributed by atoms with van der Waals surface area (Å²) in [4.78, 5) is 23.5. The van der Waals surface area contributed by atoms with Crippen molar-refractivity contribution >= 4 is 22.4 Å². The van der Waals surface area contributed by atoms with E-state index in [0.29, 0.717) is 17.1 Å². The van der Waals surface area contributed by atoms with Gasteiger partial charge in [0, 0.05) is 49.0 Å². The van der Waals surface area contributed by atoms with Crippen molar-refractivity contribution in [1.29, 1.82) is 0 Å². The van der Waals surface area contributed by atoms with Crippen molar-refractivity contribution in [3.63, 3.8) is 0 Å². The molecule has 25 heavy (non-hydrogen) atoms. The number of thiazole rings is 1. The van der Waals surface area contributed by atoms with Crippen LogP contribution in [0.5, 0.6) is 0 Å². The van der Waals surface area contributed by atoms with Gasteiger partial charge in [0.1, 0.15) is 0 Å². The summed E-state index contributed by atoms with van der Waals surface area (Å²) in [7, 11) is 0. The van der Waals surface area contributed by atoms with Crippen LogP contribution in [0.25, 0.3) is 0 Å². The molecule has 0 spiro atoms. The summed E-state index contributed by atoms with van der Waals surface area (Å²) >= 11 is 1.57. The predicted molar refractivity (Wildman–Crippen MR) is 102 cm³/mol. The number of aryl methyl sites for hydroxylation is 1. The van der Waals surface area contributed by atoms with Crippen LogP contribution < -0.4 is 5.32 Å². The van der Waals surface area contributed by atoms with Crippen LogP contribution in [0.4, 0.5) is 5.13 Å². The predicted octanol–water partition coefficient (Wildman–Crippen LogP) is 3.65. The van der Waals surface area contributed by atoms with Gasteiger partial charge < -0.3 is 5.32 Å². The number of carbonyl (C=O) groups is 1. The molecule has 0 unspecified atom stereocenters. The lowest BCUT2D eigenvalue weighted by Gasteiger charge is -2.37. The van der Waals surface area contributed by atoms with E-state index in [4.69, 9.17) is 0 Å². The fourth-order valence-electron chi connectivity index (χ4n) is 3.50. The van der Waals surface area contributed by atoms with Crippen LogP contribution in [-0.2, 0) is 17.8 Å². The maximum absolute atomic E-state index is 11.1. The van der Waals surface area contributed by atoms with Gasteiger partial charge in [-0.1, -0.05) is 0 Å². The number of hydrogen-bond acceptors (Lipinski definition) is 5. The zero-order valence-corrected chi connectivity index (χ0v) is 16.0. The second kappa shape index (κ2) is 8.06. The average Bonchev–Trinajstić information content (AvgIpc) is 2.97. The molecule has 2 aromatic rings. The molecule has 134 valence electrons. The highest BCUT2D eigenvalue weighted by molar-refractivity contribution is 7.15. The highest BCUT2D eigenvalue weighted by Gasteiger charge is 2.26. The molecule has 1 amide bonds. The number of pyridine rings is 1. The fraction of sp³-hybridized carbons (Fsp3) is 0.526. The van der Waals surface area contributed by atoms with Gasteiger partial charge in [-0.25, -0.2) is 4.98 Å². The lowest BCUT2D eigenvalue weighted by molar-refractivity contribution is -0.114. The molecule has 0 aromatic carbocycles. The number of carbonyl (C=O) groups excluding carboxylic acids is 1. The van der Waals surface area contributed by atoms with Gasteiger partial charge in [-0.2, -0.15) is 0 Å². The molecule has 6 heteroatoms. The molecule has 1 aliphatic heterocycles. The number of rotatable bonds is 5. The third kappa shape index (κ3) is 5.09. The van der Waals surface area contributed by atoms with Crippen LogP contribution in [0.1, 0.15) is 42.8 Å². The minimum absolute atomic E-state index is 0.0695. The second-order valence-corrected chi connectivity index (χ2v) is 8.16. The number of piperidine rings is 1. The number of likely N-dealkylation sites (tertiary alicyclic amines) is 1. The zero-order valence-electron chi connectivity index (χ0n) is 15.2. The molecule has 0 saturated carbocycles. The van der Waals surface area contributed by atoms with E-state index in [2.05, 4.69) is 46.2 Å². The van der Waals surface area contributed by atoms with Crippen molar-refractivity contribution < 1.29 is 4.79 Å². The van der Waals surface area contributed by atoms with Crippen molar-refractivity contribution in [2.24, 2.45) is 5.92 Å². The Labute approximate surface area is 153 Å². The number of nitrogens with one attached hydrogen (secondary N) is 1. The van der Waals surface area contributed by atoms with E-state index < -0.39 is 0 Å².